The van der Waals surface area contributed by atoms with Gasteiger partial charge in [0.2, 0.25) is 0 Å². The molecule has 0 unspecified atom stereocenters. The minimum absolute atomic E-state index is 0.530. The van der Waals surface area contributed by atoms with E-state index in [1.165, 1.54) is 18.4 Å². The number of fused-ring (bicyclic) bond motifs is 1. The molecule has 0 saturated heterocycles. The van der Waals surface area contributed by atoms with E-state index in [9.17, 15) is 0 Å². The first-order chi connectivity index (χ1) is 8.29. The molecule has 0 bridgehead atoms. The molecule has 2 nitrogen and oxygen atoms in total. The smallest absolute Gasteiger partial charge is 0.274 e. The number of nitrogens with zero attached hydrogens (tertiary/aromatic N) is 1. The third-order valence-corrected chi connectivity index (χ3v) is 2.64. The lowest BCUT2D eigenvalue weighted by molar-refractivity contribution is 0.586. The maximum Gasteiger partial charge on any atom is 0.274 e. The Kier molecular flexibility index (Phi) is 3.82. The molecule has 0 aliphatic carbocycles. The molecule has 1 heterocycles. The van der Waals surface area contributed by atoms with E-state index in [4.69, 9.17) is 4.42 Å². The van der Waals surface area contributed by atoms with Crippen LogP contribution >= 0.6 is 0 Å². The summed E-state index contributed by atoms with van der Waals surface area (Å²) >= 11 is 0. The number of aromatic nitrogens is 1. The van der Waals surface area contributed by atoms with Crippen molar-refractivity contribution in [2.75, 3.05) is 0 Å². The summed E-state index contributed by atoms with van der Waals surface area (Å²) in [6.45, 7) is 4.24. The summed E-state index contributed by atoms with van der Waals surface area (Å²) in [6, 6.07) is 5.98. The van der Waals surface area contributed by atoms with Gasteiger partial charge < -0.3 is 4.42 Å². The van der Waals surface area contributed by atoms with Crippen LogP contribution in [0.15, 0.2) is 22.6 Å². The maximum atomic E-state index is 5.54. The van der Waals surface area contributed by atoms with Crippen molar-refractivity contribution in [3.05, 3.63) is 29.7 Å². The highest BCUT2D eigenvalue weighted by Crippen LogP contribution is 2.16. The molecule has 1 aromatic carbocycles. The Hall–Kier alpha value is -1.75. The summed E-state index contributed by atoms with van der Waals surface area (Å²) in [6.07, 6.45) is 4.54. The average Bonchev–Trinajstić information content (AvgIpc) is 2.70. The number of aryl methyl sites for hydroxylation is 1. The van der Waals surface area contributed by atoms with Crippen molar-refractivity contribution < 1.29 is 4.42 Å². The zero-order chi connectivity index (χ0) is 12.1. The Morgan fingerprint density at radius 2 is 2.18 bits per heavy atom. The van der Waals surface area contributed by atoms with Crippen molar-refractivity contribution in [3.63, 3.8) is 0 Å². The van der Waals surface area contributed by atoms with Crippen LogP contribution in [0.4, 0.5) is 0 Å². The molecule has 0 fully saturated rings. The maximum absolute atomic E-state index is 5.54. The molecular formula is C15H17NO. The van der Waals surface area contributed by atoms with Gasteiger partial charge in [0, 0.05) is 6.42 Å². The zero-order valence-corrected chi connectivity index (χ0v) is 10.4. The molecule has 0 saturated carbocycles. The number of unbranched alkanes of at least 4 members (excludes halogenated alkanes) is 3. The van der Waals surface area contributed by atoms with Crippen molar-refractivity contribution in [3.8, 4) is 11.8 Å². The fourth-order valence-corrected chi connectivity index (χ4v) is 1.69. The van der Waals surface area contributed by atoms with Gasteiger partial charge in [0.05, 0.1) is 0 Å². The SMILES string of the molecule is CCCCCC#Cc1nc2cc(C)ccc2o1. The van der Waals surface area contributed by atoms with Crippen LogP contribution in [0.25, 0.3) is 11.1 Å². The lowest BCUT2D eigenvalue weighted by atomic mass is 10.2. The van der Waals surface area contributed by atoms with Gasteiger partial charge in [0.1, 0.15) is 5.52 Å². The van der Waals surface area contributed by atoms with Gasteiger partial charge in [-0.2, -0.15) is 0 Å². The molecule has 2 rings (SSSR count). The van der Waals surface area contributed by atoms with Gasteiger partial charge in [-0.25, -0.2) is 4.98 Å². The molecule has 0 N–H and O–H groups in total. The third kappa shape index (κ3) is 3.10. The van der Waals surface area contributed by atoms with E-state index >= 15 is 0 Å². The molecule has 88 valence electrons. The van der Waals surface area contributed by atoms with E-state index in [1.807, 2.05) is 25.1 Å². The molecule has 0 aliphatic rings. The Bertz CT molecular complexity index is 557. The molecule has 0 aliphatic heterocycles. The van der Waals surface area contributed by atoms with Crippen LogP contribution in [0.5, 0.6) is 0 Å². The van der Waals surface area contributed by atoms with Gasteiger partial charge in [0.25, 0.3) is 5.89 Å². The summed E-state index contributed by atoms with van der Waals surface area (Å²) < 4.78 is 5.54. The lowest BCUT2D eigenvalue weighted by Gasteiger charge is -1.87. The number of oxazole rings is 1. The molecule has 0 amide bonds. The molecule has 2 aromatic rings. The third-order valence-electron chi connectivity index (χ3n) is 2.64. The Labute approximate surface area is 102 Å². The van der Waals surface area contributed by atoms with Gasteiger partial charge in [-0.15, -0.1) is 0 Å². The van der Waals surface area contributed by atoms with Crippen LogP contribution in [0, 0.1) is 18.8 Å². The van der Waals surface area contributed by atoms with Gasteiger partial charge in [-0.05, 0) is 37.0 Å². The largest absolute Gasteiger partial charge is 0.430 e. The molecule has 0 atom stereocenters. The van der Waals surface area contributed by atoms with E-state index < -0.39 is 0 Å². The summed E-state index contributed by atoms with van der Waals surface area (Å²) in [7, 11) is 0. The molecular weight excluding hydrogens is 210 g/mol. The average molecular weight is 227 g/mol. The minimum Gasteiger partial charge on any atom is -0.430 e. The normalized spacial score (nSPS) is 10.2. The van der Waals surface area contributed by atoms with Crippen LogP contribution in [-0.2, 0) is 0 Å². The Morgan fingerprint density at radius 1 is 1.29 bits per heavy atom. The first-order valence-corrected chi connectivity index (χ1v) is 6.15. The van der Waals surface area contributed by atoms with Crippen molar-refractivity contribution in [2.45, 2.75) is 39.5 Å². The number of rotatable bonds is 3. The first-order valence-electron chi connectivity index (χ1n) is 6.15. The van der Waals surface area contributed by atoms with Crippen molar-refractivity contribution in [1.82, 2.24) is 4.98 Å². The van der Waals surface area contributed by atoms with Crippen LogP contribution in [-0.4, -0.2) is 4.98 Å². The molecule has 2 heteroatoms. The van der Waals surface area contributed by atoms with Gasteiger partial charge in [0.15, 0.2) is 5.58 Å². The Balaban J connectivity index is 2.08. The first kappa shape index (κ1) is 11.7. The molecule has 1 aromatic heterocycles. The van der Waals surface area contributed by atoms with E-state index in [-0.39, 0.29) is 0 Å². The quantitative estimate of drug-likeness (QED) is 0.583. The van der Waals surface area contributed by atoms with Gasteiger partial charge >= 0.3 is 0 Å². The predicted molar refractivity (Wildman–Crippen MR) is 69.8 cm³/mol. The second-order valence-corrected chi connectivity index (χ2v) is 4.25. The van der Waals surface area contributed by atoms with Crippen LogP contribution in [0.3, 0.4) is 0 Å². The van der Waals surface area contributed by atoms with E-state index in [0.29, 0.717) is 5.89 Å². The minimum atomic E-state index is 0.530. The summed E-state index contributed by atoms with van der Waals surface area (Å²) in [5.41, 5.74) is 2.89. The lowest BCUT2D eigenvalue weighted by Crippen LogP contribution is -1.74. The summed E-state index contributed by atoms with van der Waals surface area (Å²) in [5.74, 6) is 6.62. The highest BCUT2D eigenvalue weighted by atomic mass is 16.3. The Morgan fingerprint density at radius 3 is 3.00 bits per heavy atom. The summed E-state index contributed by atoms with van der Waals surface area (Å²) in [5, 5.41) is 0. The van der Waals surface area contributed by atoms with Gasteiger partial charge in [-0.1, -0.05) is 31.8 Å². The van der Waals surface area contributed by atoms with Crippen molar-refractivity contribution >= 4 is 11.1 Å². The van der Waals surface area contributed by atoms with Crippen LogP contribution in [0.2, 0.25) is 0 Å². The number of benzene rings is 1. The molecule has 0 radical (unpaired) electrons. The summed E-state index contributed by atoms with van der Waals surface area (Å²) in [4.78, 5) is 4.35. The van der Waals surface area contributed by atoms with E-state index in [1.54, 1.807) is 0 Å². The zero-order valence-electron chi connectivity index (χ0n) is 10.4. The second-order valence-electron chi connectivity index (χ2n) is 4.25. The second kappa shape index (κ2) is 5.54. The standard InChI is InChI=1S/C15H17NO/c1-3-4-5-6-7-8-15-16-13-11-12(2)9-10-14(13)17-15/h9-11H,3-6H2,1-2H3. The number of hydrogen-bond acceptors (Lipinski definition) is 2. The highest BCUT2D eigenvalue weighted by molar-refractivity contribution is 5.73. The van der Waals surface area contributed by atoms with E-state index in [0.717, 1.165) is 23.9 Å². The van der Waals surface area contributed by atoms with E-state index in [2.05, 4.69) is 23.7 Å². The van der Waals surface area contributed by atoms with Crippen molar-refractivity contribution in [2.24, 2.45) is 0 Å². The van der Waals surface area contributed by atoms with Crippen LogP contribution < -0.4 is 0 Å². The van der Waals surface area contributed by atoms with Crippen LogP contribution in [0.1, 0.15) is 44.1 Å². The van der Waals surface area contributed by atoms with Crippen molar-refractivity contribution in [1.29, 1.82) is 0 Å². The fraction of sp³-hybridized carbons (Fsp3) is 0.400. The topological polar surface area (TPSA) is 26.0 Å². The van der Waals surface area contributed by atoms with Gasteiger partial charge in [-0.3, -0.25) is 0 Å². The molecule has 17 heavy (non-hydrogen) atoms. The molecule has 0 spiro atoms. The predicted octanol–water partition coefficient (Wildman–Crippen LogP) is 4.07. The monoisotopic (exact) mass is 227 g/mol. The highest BCUT2D eigenvalue weighted by Gasteiger charge is 2.02. The number of hydrogen-bond donors (Lipinski definition) is 0. The fourth-order valence-electron chi connectivity index (χ4n) is 1.69.